The summed E-state index contributed by atoms with van der Waals surface area (Å²) in [6.07, 6.45) is 7.76. The first kappa shape index (κ1) is 16.8. The third-order valence-corrected chi connectivity index (χ3v) is 5.58. The van der Waals surface area contributed by atoms with Crippen molar-refractivity contribution in [3.63, 3.8) is 0 Å². The van der Waals surface area contributed by atoms with E-state index in [1.54, 1.807) is 11.6 Å². The first-order chi connectivity index (χ1) is 12.6. The average Bonchev–Trinajstić information content (AvgIpc) is 3.13. The summed E-state index contributed by atoms with van der Waals surface area (Å²) in [4.78, 5) is 29.4. The molecule has 2 heterocycles. The number of hydrogen-bond donors (Lipinski definition) is 2. The molecule has 6 nitrogen and oxygen atoms in total. The summed E-state index contributed by atoms with van der Waals surface area (Å²) in [5.41, 5.74) is 3.75. The van der Waals surface area contributed by atoms with Crippen molar-refractivity contribution in [3.8, 4) is 0 Å². The van der Waals surface area contributed by atoms with Crippen molar-refractivity contribution in [1.29, 1.82) is 0 Å². The fraction of sp³-hybridized carbons (Fsp3) is 0.316. The Hall–Kier alpha value is -2.67. The number of carbonyl (C=O) groups is 1. The maximum atomic E-state index is 12.3. The fourth-order valence-electron chi connectivity index (χ4n) is 3.37. The lowest BCUT2D eigenvalue weighted by atomic mass is 9.89. The van der Waals surface area contributed by atoms with Crippen LogP contribution in [0.1, 0.15) is 42.5 Å². The maximum Gasteiger partial charge on any atom is 0.319 e. The van der Waals surface area contributed by atoms with Crippen molar-refractivity contribution in [2.45, 2.75) is 38.6 Å². The van der Waals surface area contributed by atoms with Crippen molar-refractivity contribution in [3.05, 3.63) is 63.0 Å². The van der Waals surface area contributed by atoms with Gasteiger partial charge in [0.15, 0.2) is 4.96 Å². The molecule has 2 amide bonds. The van der Waals surface area contributed by atoms with Gasteiger partial charge in [0.1, 0.15) is 5.69 Å². The third kappa shape index (κ3) is 3.22. The summed E-state index contributed by atoms with van der Waals surface area (Å²) in [6.45, 7) is 1.94. The molecule has 7 heteroatoms. The Morgan fingerprint density at radius 3 is 2.92 bits per heavy atom. The largest absolute Gasteiger partial charge is 0.331 e. The van der Waals surface area contributed by atoms with E-state index >= 15 is 0 Å². The van der Waals surface area contributed by atoms with Crippen LogP contribution >= 0.6 is 11.3 Å². The van der Waals surface area contributed by atoms with Gasteiger partial charge in [-0.3, -0.25) is 9.20 Å². The lowest BCUT2D eigenvalue weighted by molar-refractivity contribution is 0.249. The molecule has 0 saturated carbocycles. The van der Waals surface area contributed by atoms with E-state index in [2.05, 4.69) is 33.8 Å². The summed E-state index contributed by atoms with van der Waals surface area (Å²) >= 11 is 1.37. The molecule has 0 saturated heterocycles. The van der Waals surface area contributed by atoms with Crippen LogP contribution < -0.4 is 16.2 Å². The van der Waals surface area contributed by atoms with Crippen LogP contribution in [0.3, 0.4) is 0 Å². The first-order valence-electron chi connectivity index (χ1n) is 8.76. The first-order valence-corrected chi connectivity index (χ1v) is 9.64. The summed E-state index contributed by atoms with van der Waals surface area (Å²) in [6, 6.07) is 5.86. The number of aromatic nitrogens is 2. The highest BCUT2D eigenvalue weighted by Crippen LogP contribution is 2.24. The van der Waals surface area contributed by atoms with Gasteiger partial charge in [-0.05, 0) is 49.3 Å². The zero-order chi connectivity index (χ0) is 18.1. The molecule has 1 atom stereocenters. The monoisotopic (exact) mass is 368 g/mol. The number of rotatable bonds is 3. The molecule has 0 spiro atoms. The fourth-order valence-corrected chi connectivity index (χ4v) is 4.05. The number of nitrogens with one attached hydrogen (secondary N) is 2. The lowest BCUT2D eigenvalue weighted by Crippen LogP contribution is -2.33. The van der Waals surface area contributed by atoms with Crippen molar-refractivity contribution in [1.82, 2.24) is 14.7 Å². The molecular weight excluding hydrogens is 348 g/mol. The number of benzene rings is 1. The second-order valence-corrected chi connectivity index (χ2v) is 7.46. The Bertz CT molecular complexity index is 1020. The molecule has 0 unspecified atom stereocenters. The lowest BCUT2D eigenvalue weighted by Gasteiger charge is -2.20. The minimum absolute atomic E-state index is 0.150. The number of carbonyl (C=O) groups excluding carboxylic acids is 1. The highest BCUT2D eigenvalue weighted by atomic mass is 32.1. The highest BCUT2D eigenvalue weighted by molar-refractivity contribution is 7.15. The number of fused-ring (bicyclic) bond motifs is 2. The van der Waals surface area contributed by atoms with Crippen LogP contribution in [0, 0.1) is 0 Å². The molecule has 2 N–H and O–H groups in total. The molecule has 1 aliphatic carbocycles. The normalized spacial score (nSPS) is 14.7. The summed E-state index contributed by atoms with van der Waals surface area (Å²) < 4.78 is 1.42. The SMILES string of the molecule is C[C@@H](NC(=O)Nc1cnc2sccn2c1=O)c1ccc2c(c1)CCCC2. The van der Waals surface area contributed by atoms with Crippen LogP contribution in [0.25, 0.3) is 4.96 Å². The van der Waals surface area contributed by atoms with E-state index in [9.17, 15) is 9.59 Å². The number of urea groups is 1. The van der Waals surface area contributed by atoms with Gasteiger partial charge in [-0.15, -0.1) is 11.3 Å². The van der Waals surface area contributed by atoms with E-state index in [0.29, 0.717) is 4.96 Å². The van der Waals surface area contributed by atoms with Gasteiger partial charge >= 0.3 is 6.03 Å². The second kappa shape index (κ2) is 6.92. The minimum Gasteiger partial charge on any atom is -0.331 e. The zero-order valence-corrected chi connectivity index (χ0v) is 15.3. The topological polar surface area (TPSA) is 75.5 Å². The molecule has 3 aromatic rings. The van der Waals surface area contributed by atoms with Gasteiger partial charge in [0.2, 0.25) is 0 Å². The van der Waals surface area contributed by atoms with Gasteiger partial charge in [0.25, 0.3) is 5.56 Å². The molecule has 0 aliphatic heterocycles. The summed E-state index contributed by atoms with van der Waals surface area (Å²) in [5.74, 6) is 0. The standard InChI is InChI=1S/C19H20N4O2S/c1-12(14-7-6-13-4-2-3-5-15(13)10-14)21-18(25)22-16-11-20-19-23(17(16)24)8-9-26-19/h6-12H,2-5H2,1H3,(H2,21,22,25)/t12-/m1/s1. The zero-order valence-electron chi connectivity index (χ0n) is 14.5. The molecule has 2 aromatic heterocycles. The molecule has 134 valence electrons. The van der Waals surface area contributed by atoms with E-state index in [1.165, 1.54) is 45.9 Å². The Balaban J connectivity index is 1.47. The highest BCUT2D eigenvalue weighted by Gasteiger charge is 2.15. The van der Waals surface area contributed by atoms with E-state index in [0.717, 1.165) is 18.4 Å². The molecule has 4 rings (SSSR count). The van der Waals surface area contributed by atoms with Crippen molar-refractivity contribution < 1.29 is 4.79 Å². The number of amides is 2. The van der Waals surface area contributed by atoms with Crippen LogP contribution in [0.2, 0.25) is 0 Å². The number of aryl methyl sites for hydroxylation is 2. The number of thiazole rings is 1. The Kier molecular flexibility index (Phi) is 4.46. The Labute approximate surface area is 154 Å². The number of anilines is 1. The maximum absolute atomic E-state index is 12.3. The van der Waals surface area contributed by atoms with Crippen molar-refractivity contribution in [2.75, 3.05) is 5.32 Å². The number of hydrogen-bond acceptors (Lipinski definition) is 4. The smallest absolute Gasteiger partial charge is 0.319 e. The second-order valence-electron chi connectivity index (χ2n) is 6.59. The van der Waals surface area contributed by atoms with Gasteiger partial charge in [-0.1, -0.05) is 18.2 Å². The molecule has 0 radical (unpaired) electrons. The Morgan fingerprint density at radius 1 is 1.27 bits per heavy atom. The Morgan fingerprint density at radius 2 is 2.08 bits per heavy atom. The van der Waals surface area contributed by atoms with Gasteiger partial charge in [0.05, 0.1) is 12.2 Å². The van der Waals surface area contributed by atoms with Crippen molar-refractivity contribution in [2.24, 2.45) is 0 Å². The van der Waals surface area contributed by atoms with E-state index in [1.807, 2.05) is 6.92 Å². The molecule has 0 fully saturated rings. The number of nitrogens with zero attached hydrogens (tertiary/aromatic N) is 2. The van der Waals surface area contributed by atoms with Crippen LogP contribution in [-0.2, 0) is 12.8 Å². The predicted molar refractivity (Wildman–Crippen MR) is 103 cm³/mol. The van der Waals surface area contributed by atoms with Gasteiger partial charge in [-0.2, -0.15) is 0 Å². The van der Waals surface area contributed by atoms with Crippen LogP contribution in [-0.4, -0.2) is 15.4 Å². The molecular formula is C19H20N4O2S. The molecule has 1 aromatic carbocycles. The van der Waals surface area contributed by atoms with Gasteiger partial charge in [-0.25, -0.2) is 9.78 Å². The molecule has 1 aliphatic rings. The van der Waals surface area contributed by atoms with Crippen LogP contribution in [0.4, 0.5) is 10.5 Å². The van der Waals surface area contributed by atoms with E-state index in [-0.39, 0.29) is 17.3 Å². The predicted octanol–water partition coefficient (Wildman–Crippen LogP) is 3.52. The van der Waals surface area contributed by atoms with E-state index in [4.69, 9.17) is 0 Å². The average molecular weight is 368 g/mol. The van der Waals surface area contributed by atoms with E-state index < -0.39 is 6.03 Å². The van der Waals surface area contributed by atoms with Crippen molar-refractivity contribution >= 4 is 28.0 Å². The third-order valence-electron chi connectivity index (χ3n) is 4.81. The summed E-state index contributed by atoms with van der Waals surface area (Å²) in [5, 5.41) is 7.29. The minimum atomic E-state index is -0.413. The van der Waals surface area contributed by atoms with Gasteiger partial charge < -0.3 is 10.6 Å². The van der Waals surface area contributed by atoms with Crippen LogP contribution in [0.5, 0.6) is 0 Å². The molecule has 0 bridgehead atoms. The van der Waals surface area contributed by atoms with Gasteiger partial charge in [0, 0.05) is 11.6 Å². The summed E-state index contributed by atoms with van der Waals surface area (Å²) in [7, 11) is 0. The quantitative estimate of drug-likeness (QED) is 0.743. The van der Waals surface area contributed by atoms with Crippen LogP contribution in [0.15, 0.2) is 40.8 Å². The molecule has 26 heavy (non-hydrogen) atoms.